The Morgan fingerprint density at radius 3 is 2.45 bits per heavy atom. The molecule has 0 fully saturated rings. The molecule has 290 valence electrons. The molecule has 14 heteroatoms. The first kappa shape index (κ1) is 40.3. The molecule has 6 rings (SSSR count). The molecular weight excluding hydrogens is 779 g/mol. The number of halogens is 2. The lowest BCUT2D eigenvalue weighted by atomic mass is 9.84. The number of ether oxygens (including phenoxy) is 4. The van der Waals surface area contributed by atoms with Gasteiger partial charge >= 0.3 is 5.97 Å². The van der Waals surface area contributed by atoms with Crippen LogP contribution in [0.2, 0.25) is 10.0 Å². The Hall–Kier alpha value is -5.40. The molecule has 4 aromatic carbocycles. The number of sulfonamides is 1. The highest BCUT2D eigenvalue weighted by molar-refractivity contribution is 7.89. The van der Waals surface area contributed by atoms with Crippen LogP contribution in [0.5, 0.6) is 5.75 Å². The van der Waals surface area contributed by atoms with E-state index in [0.29, 0.717) is 33.5 Å². The first-order valence-corrected chi connectivity index (χ1v) is 19.9. The number of carbonyl (C=O) groups excluding carboxylic acids is 1. The van der Waals surface area contributed by atoms with Crippen molar-refractivity contribution in [2.24, 2.45) is 0 Å². The number of non-ortho nitro benzene ring substituents is 1. The lowest BCUT2D eigenvalue weighted by Crippen LogP contribution is -2.47. The zero-order valence-electron chi connectivity index (χ0n) is 30.4. The standard InChI is InChI=1S/C42H38Cl2N2O9S/c1-3-39(29-10-5-4-6-11-29)45(56(50,51)34-19-17-31(18-20-34)46(48)49)40(42(47)52-2)24-33-26-53-27-41(55-33)36-15-8-7-14-35(36)30-12-9-13-32(23-30)54-25-28-16-21-37(43)38(44)22-28/h4-13,15-23,26-27,35,39-40H,3,14,24-25H2,1-2H3/t35-,39+,40?/m1/s1. The molecule has 0 bridgehead atoms. The fraction of sp³-hybridized carbons (Fsp3) is 0.214. The topological polar surface area (TPSA) is 135 Å². The molecule has 1 heterocycles. The molecule has 56 heavy (non-hydrogen) atoms. The molecule has 1 aliphatic carbocycles. The highest BCUT2D eigenvalue weighted by atomic mass is 35.5. The summed E-state index contributed by atoms with van der Waals surface area (Å²) in [5.41, 5.74) is 2.96. The van der Waals surface area contributed by atoms with Gasteiger partial charge in [-0.3, -0.25) is 14.9 Å². The van der Waals surface area contributed by atoms with Gasteiger partial charge in [0.2, 0.25) is 10.0 Å². The van der Waals surface area contributed by atoms with Gasteiger partial charge in [0, 0.05) is 30.0 Å². The van der Waals surface area contributed by atoms with Crippen LogP contribution in [0.4, 0.5) is 5.69 Å². The molecule has 0 N–H and O–H groups in total. The van der Waals surface area contributed by atoms with Crippen LogP contribution in [0.25, 0.3) is 0 Å². The number of hydrogen-bond acceptors (Lipinski definition) is 9. The van der Waals surface area contributed by atoms with Gasteiger partial charge in [0.1, 0.15) is 36.7 Å². The minimum absolute atomic E-state index is 0.166. The number of nitro benzene ring substituents is 1. The molecule has 0 spiro atoms. The SMILES string of the molecule is CC[C@@H](c1ccccc1)N(C(CC1=COC=C(C2=CC=CC[C@@H]2c2cccc(OCc3ccc(Cl)c(Cl)c3)c2)O1)C(=O)OC)S(=O)(=O)c1ccc([N+](=O)[O-])cc1. The van der Waals surface area contributed by atoms with Crippen molar-refractivity contribution in [1.82, 2.24) is 4.31 Å². The van der Waals surface area contributed by atoms with Crippen LogP contribution in [-0.4, -0.2) is 36.8 Å². The van der Waals surface area contributed by atoms with E-state index in [2.05, 4.69) is 0 Å². The lowest BCUT2D eigenvalue weighted by molar-refractivity contribution is -0.384. The third kappa shape index (κ3) is 9.17. The van der Waals surface area contributed by atoms with E-state index < -0.39 is 33.0 Å². The van der Waals surface area contributed by atoms with E-state index in [0.717, 1.165) is 45.3 Å². The Kier molecular flexibility index (Phi) is 13.0. The predicted molar refractivity (Wildman–Crippen MR) is 212 cm³/mol. The summed E-state index contributed by atoms with van der Waals surface area (Å²) in [5, 5.41) is 12.3. The summed E-state index contributed by atoms with van der Waals surface area (Å²) in [5.74, 6) is 0.207. The maximum absolute atomic E-state index is 14.6. The minimum Gasteiger partial charge on any atom is -0.489 e. The Balaban J connectivity index is 1.27. The summed E-state index contributed by atoms with van der Waals surface area (Å²) in [4.78, 5) is 24.3. The summed E-state index contributed by atoms with van der Waals surface area (Å²) in [6, 6.07) is 24.2. The summed E-state index contributed by atoms with van der Waals surface area (Å²) in [6.45, 7) is 2.09. The third-order valence-electron chi connectivity index (χ3n) is 9.39. The Morgan fingerprint density at radius 2 is 1.75 bits per heavy atom. The molecular formula is C42H38Cl2N2O9S. The van der Waals surface area contributed by atoms with Gasteiger partial charge in [-0.05, 0) is 65.9 Å². The van der Waals surface area contributed by atoms with Crippen LogP contribution >= 0.6 is 23.2 Å². The number of methoxy groups -OCH3 is 1. The van der Waals surface area contributed by atoms with Crippen molar-refractivity contribution >= 4 is 44.9 Å². The van der Waals surface area contributed by atoms with Crippen LogP contribution in [0.1, 0.15) is 54.8 Å². The smallest absolute Gasteiger partial charge is 0.324 e. The van der Waals surface area contributed by atoms with Crippen molar-refractivity contribution in [1.29, 1.82) is 0 Å². The summed E-state index contributed by atoms with van der Waals surface area (Å²) >= 11 is 12.3. The number of esters is 1. The first-order valence-electron chi connectivity index (χ1n) is 17.7. The second-order valence-electron chi connectivity index (χ2n) is 12.9. The highest BCUT2D eigenvalue weighted by Crippen LogP contribution is 2.41. The maximum atomic E-state index is 14.6. The Labute approximate surface area is 335 Å². The quantitative estimate of drug-likeness (QED) is 0.0653. The minimum atomic E-state index is -4.49. The normalized spacial score (nSPS) is 16.4. The first-order chi connectivity index (χ1) is 27.0. The Bertz CT molecular complexity index is 2310. The van der Waals surface area contributed by atoms with E-state index in [-0.39, 0.29) is 41.7 Å². The molecule has 0 aromatic heterocycles. The molecule has 0 amide bonds. The molecule has 4 aromatic rings. The van der Waals surface area contributed by atoms with Gasteiger partial charge < -0.3 is 18.9 Å². The summed E-state index contributed by atoms with van der Waals surface area (Å²) < 4.78 is 53.8. The number of carbonyl (C=O) groups is 1. The van der Waals surface area contributed by atoms with Crippen LogP contribution < -0.4 is 4.74 Å². The number of nitro groups is 1. The number of nitrogens with zero attached hydrogens (tertiary/aromatic N) is 2. The summed E-state index contributed by atoms with van der Waals surface area (Å²) in [7, 11) is -3.31. The van der Waals surface area contributed by atoms with Crippen molar-refractivity contribution in [3.8, 4) is 5.75 Å². The maximum Gasteiger partial charge on any atom is 0.324 e. The van der Waals surface area contributed by atoms with Crippen molar-refractivity contribution in [3.63, 3.8) is 0 Å². The second-order valence-corrected chi connectivity index (χ2v) is 15.6. The van der Waals surface area contributed by atoms with Gasteiger partial charge in [-0.15, -0.1) is 0 Å². The van der Waals surface area contributed by atoms with Crippen molar-refractivity contribution in [3.05, 3.63) is 182 Å². The predicted octanol–water partition coefficient (Wildman–Crippen LogP) is 9.95. The second kappa shape index (κ2) is 18.0. The van der Waals surface area contributed by atoms with Crippen molar-refractivity contribution < 1.29 is 37.1 Å². The Morgan fingerprint density at radius 1 is 0.982 bits per heavy atom. The molecule has 1 aliphatic heterocycles. The molecule has 1 unspecified atom stereocenters. The molecule has 0 saturated heterocycles. The van der Waals surface area contributed by atoms with Gasteiger partial charge in [0.05, 0.1) is 33.0 Å². The number of rotatable bonds is 15. The number of hydrogen-bond donors (Lipinski definition) is 0. The zero-order chi connectivity index (χ0) is 39.8. The summed E-state index contributed by atoms with van der Waals surface area (Å²) in [6.07, 6.45) is 9.33. The monoisotopic (exact) mass is 816 g/mol. The van der Waals surface area contributed by atoms with Gasteiger partial charge in [0.15, 0.2) is 5.76 Å². The van der Waals surface area contributed by atoms with Crippen molar-refractivity contribution in [2.45, 2.75) is 55.7 Å². The number of allylic oxidation sites excluding steroid dienone is 4. The van der Waals surface area contributed by atoms with E-state index in [9.17, 15) is 23.3 Å². The van der Waals surface area contributed by atoms with E-state index in [1.165, 1.54) is 19.6 Å². The van der Waals surface area contributed by atoms with Crippen LogP contribution in [0, 0.1) is 10.1 Å². The van der Waals surface area contributed by atoms with Crippen molar-refractivity contribution in [2.75, 3.05) is 7.11 Å². The van der Waals surface area contributed by atoms with E-state index in [1.807, 2.05) is 48.6 Å². The fourth-order valence-electron chi connectivity index (χ4n) is 6.65. The zero-order valence-corrected chi connectivity index (χ0v) is 32.7. The van der Waals surface area contributed by atoms with Gasteiger partial charge in [-0.1, -0.05) is 96.9 Å². The molecule has 0 saturated carbocycles. The largest absolute Gasteiger partial charge is 0.489 e. The molecule has 3 atom stereocenters. The number of benzene rings is 4. The lowest BCUT2D eigenvalue weighted by Gasteiger charge is -2.36. The van der Waals surface area contributed by atoms with E-state index in [4.69, 9.17) is 42.1 Å². The van der Waals surface area contributed by atoms with Gasteiger partial charge in [0.25, 0.3) is 5.69 Å². The highest BCUT2D eigenvalue weighted by Gasteiger charge is 2.43. The van der Waals surface area contributed by atoms with E-state index in [1.54, 1.807) is 49.4 Å². The van der Waals surface area contributed by atoms with Crippen LogP contribution in [0.3, 0.4) is 0 Å². The fourth-order valence-corrected chi connectivity index (χ4v) is 8.79. The molecule has 0 radical (unpaired) electrons. The average molecular weight is 818 g/mol. The molecule has 2 aliphatic rings. The van der Waals surface area contributed by atoms with Crippen LogP contribution in [0.15, 0.2) is 150 Å². The average Bonchev–Trinajstić information content (AvgIpc) is 3.22. The van der Waals surface area contributed by atoms with Gasteiger partial charge in [-0.2, -0.15) is 4.31 Å². The third-order valence-corrected chi connectivity index (χ3v) is 12.1. The molecule has 11 nitrogen and oxygen atoms in total. The van der Waals surface area contributed by atoms with Gasteiger partial charge in [-0.25, -0.2) is 8.42 Å². The van der Waals surface area contributed by atoms with Crippen LogP contribution in [-0.2, 0) is 35.6 Å². The van der Waals surface area contributed by atoms with E-state index >= 15 is 0 Å².